The normalized spacial score (nSPS) is 17.4. The first-order valence-electron chi connectivity index (χ1n) is 9.59. The minimum absolute atomic E-state index is 0.156. The van der Waals surface area contributed by atoms with Crippen molar-refractivity contribution >= 4 is 21.6 Å². The van der Waals surface area contributed by atoms with Crippen LogP contribution in [0.2, 0.25) is 0 Å². The largest absolute Gasteiger partial charge is 0.350 e. The lowest BCUT2D eigenvalue weighted by Crippen LogP contribution is -2.40. The molecule has 2 aromatic carbocycles. The maximum Gasteiger partial charge on any atom is 0.264 e. The van der Waals surface area contributed by atoms with Crippen LogP contribution in [-0.4, -0.2) is 51.9 Å². The first kappa shape index (κ1) is 20.4. The molecule has 1 saturated heterocycles. The van der Waals surface area contributed by atoms with Gasteiger partial charge in [-0.25, -0.2) is 8.42 Å². The number of hydrogen-bond acceptors (Lipinski definition) is 4. The average Bonchev–Trinajstić information content (AvgIpc) is 3.19. The smallest absolute Gasteiger partial charge is 0.264 e. The number of anilines is 1. The fourth-order valence-corrected chi connectivity index (χ4v) is 4.76. The van der Waals surface area contributed by atoms with Gasteiger partial charge in [-0.2, -0.15) is 0 Å². The molecule has 0 radical (unpaired) electrons. The van der Waals surface area contributed by atoms with Crippen LogP contribution in [0.1, 0.15) is 30.1 Å². The van der Waals surface area contributed by atoms with Crippen molar-refractivity contribution in [3.8, 4) is 0 Å². The predicted molar refractivity (Wildman–Crippen MR) is 111 cm³/mol. The molecule has 0 aliphatic carbocycles. The molecule has 1 atom stereocenters. The maximum atomic E-state index is 12.8. The van der Waals surface area contributed by atoms with Gasteiger partial charge in [0.2, 0.25) is 0 Å². The van der Waals surface area contributed by atoms with E-state index < -0.39 is 10.0 Å². The van der Waals surface area contributed by atoms with Gasteiger partial charge in [-0.1, -0.05) is 25.1 Å². The standard InChI is InChI=1S/C21H27N3O3S/c1-3-24-15-7-10-19(24)16-22-21(25)17-11-13-20(14-12-17)28(26,27)23(2)18-8-5-4-6-9-18/h4-6,8-9,11-14,19H,3,7,10,15-16H2,1-2H3,(H,22,25)/t19-/m0/s1. The van der Waals surface area contributed by atoms with Crippen molar-refractivity contribution in [2.24, 2.45) is 0 Å². The predicted octanol–water partition coefficient (Wildman–Crippen LogP) is 2.73. The molecule has 1 fully saturated rings. The molecule has 6 nitrogen and oxygen atoms in total. The Bertz CT molecular complexity index is 898. The number of amides is 1. The number of nitrogens with one attached hydrogen (secondary N) is 1. The van der Waals surface area contributed by atoms with Gasteiger partial charge in [0.15, 0.2) is 0 Å². The Morgan fingerprint density at radius 1 is 1.14 bits per heavy atom. The number of hydrogen-bond donors (Lipinski definition) is 1. The van der Waals surface area contributed by atoms with Gasteiger partial charge in [0.25, 0.3) is 15.9 Å². The number of likely N-dealkylation sites (tertiary alicyclic amines) is 1. The number of rotatable bonds is 7. The Labute approximate surface area is 167 Å². The monoisotopic (exact) mass is 401 g/mol. The second-order valence-corrected chi connectivity index (χ2v) is 8.94. The van der Waals surface area contributed by atoms with E-state index in [1.165, 1.54) is 23.5 Å². The maximum absolute atomic E-state index is 12.8. The van der Waals surface area contributed by atoms with E-state index in [1.54, 1.807) is 36.4 Å². The van der Waals surface area contributed by atoms with E-state index in [1.807, 2.05) is 6.07 Å². The average molecular weight is 402 g/mol. The third-order valence-corrected chi connectivity index (χ3v) is 7.10. The fourth-order valence-electron chi connectivity index (χ4n) is 3.57. The van der Waals surface area contributed by atoms with Gasteiger partial charge in [-0.15, -0.1) is 0 Å². The minimum Gasteiger partial charge on any atom is -0.350 e. The molecule has 0 unspecified atom stereocenters. The molecular weight excluding hydrogens is 374 g/mol. The van der Waals surface area contributed by atoms with Gasteiger partial charge in [-0.3, -0.25) is 14.0 Å². The van der Waals surface area contributed by atoms with Gasteiger partial charge in [0.05, 0.1) is 10.6 Å². The molecule has 1 aliphatic heterocycles. The molecule has 7 heteroatoms. The Balaban J connectivity index is 1.66. The van der Waals surface area contributed by atoms with E-state index in [0.29, 0.717) is 23.8 Å². The summed E-state index contributed by atoms with van der Waals surface area (Å²) in [5.41, 5.74) is 1.05. The highest BCUT2D eigenvalue weighted by Crippen LogP contribution is 2.22. The molecule has 0 aromatic heterocycles. The molecule has 2 aromatic rings. The zero-order valence-corrected chi connectivity index (χ0v) is 17.2. The summed E-state index contributed by atoms with van der Waals surface area (Å²) in [7, 11) is -2.16. The highest BCUT2D eigenvalue weighted by Gasteiger charge is 2.24. The van der Waals surface area contributed by atoms with Gasteiger partial charge in [-0.05, 0) is 62.3 Å². The number of benzene rings is 2. The SMILES string of the molecule is CCN1CCC[C@H]1CNC(=O)c1ccc(S(=O)(=O)N(C)c2ccccc2)cc1. The quantitative estimate of drug-likeness (QED) is 0.775. The number of likely N-dealkylation sites (N-methyl/N-ethyl adjacent to an activating group) is 1. The topological polar surface area (TPSA) is 69.7 Å². The second-order valence-electron chi connectivity index (χ2n) is 6.97. The van der Waals surface area contributed by atoms with Crippen LogP contribution in [0.25, 0.3) is 0 Å². The zero-order chi connectivity index (χ0) is 20.1. The summed E-state index contributed by atoms with van der Waals surface area (Å²) in [6.07, 6.45) is 2.26. The third kappa shape index (κ3) is 4.36. The van der Waals surface area contributed by atoms with Gasteiger partial charge >= 0.3 is 0 Å². The number of carbonyl (C=O) groups is 1. The molecule has 0 spiro atoms. The summed E-state index contributed by atoms with van der Waals surface area (Å²) < 4.78 is 26.8. The number of carbonyl (C=O) groups excluding carboxylic acids is 1. The molecule has 1 N–H and O–H groups in total. The summed E-state index contributed by atoms with van der Waals surface area (Å²) in [5, 5.41) is 2.97. The number of nitrogens with zero attached hydrogens (tertiary/aromatic N) is 2. The van der Waals surface area contributed by atoms with E-state index in [0.717, 1.165) is 25.9 Å². The molecule has 1 aliphatic rings. The van der Waals surface area contributed by atoms with Gasteiger partial charge in [0.1, 0.15) is 0 Å². The van der Waals surface area contributed by atoms with Crippen molar-refractivity contribution in [3.63, 3.8) is 0 Å². The molecule has 28 heavy (non-hydrogen) atoms. The van der Waals surface area contributed by atoms with Crippen LogP contribution in [0.3, 0.4) is 0 Å². The van der Waals surface area contributed by atoms with Crippen LogP contribution in [0.5, 0.6) is 0 Å². The molecular formula is C21H27N3O3S. The van der Waals surface area contributed by atoms with Crippen LogP contribution < -0.4 is 9.62 Å². The van der Waals surface area contributed by atoms with Crippen molar-refractivity contribution in [2.75, 3.05) is 31.0 Å². The Morgan fingerprint density at radius 3 is 2.46 bits per heavy atom. The fraction of sp³-hybridized carbons (Fsp3) is 0.381. The van der Waals surface area contributed by atoms with Crippen molar-refractivity contribution < 1.29 is 13.2 Å². The Morgan fingerprint density at radius 2 is 1.82 bits per heavy atom. The minimum atomic E-state index is -3.68. The lowest BCUT2D eigenvalue weighted by molar-refractivity contribution is 0.0941. The lowest BCUT2D eigenvalue weighted by Gasteiger charge is -2.23. The Hall–Kier alpha value is -2.38. The second kappa shape index (κ2) is 8.75. The Kier molecular flexibility index (Phi) is 6.36. The van der Waals surface area contributed by atoms with Gasteiger partial charge < -0.3 is 5.32 Å². The molecule has 0 saturated carbocycles. The highest BCUT2D eigenvalue weighted by atomic mass is 32.2. The molecule has 0 bridgehead atoms. The van der Waals surface area contributed by atoms with Crippen LogP contribution in [-0.2, 0) is 10.0 Å². The number of para-hydroxylation sites is 1. The lowest BCUT2D eigenvalue weighted by atomic mass is 10.2. The summed E-state index contributed by atoms with van der Waals surface area (Å²) in [6, 6.07) is 15.4. The molecule has 1 amide bonds. The van der Waals surface area contributed by atoms with Crippen molar-refractivity contribution in [2.45, 2.75) is 30.7 Å². The summed E-state index contributed by atoms with van der Waals surface area (Å²) in [5.74, 6) is -0.177. The van der Waals surface area contributed by atoms with E-state index in [4.69, 9.17) is 0 Å². The van der Waals surface area contributed by atoms with Gasteiger partial charge in [0, 0.05) is 25.2 Å². The summed E-state index contributed by atoms with van der Waals surface area (Å²) >= 11 is 0. The molecule has 3 rings (SSSR count). The van der Waals surface area contributed by atoms with E-state index in [2.05, 4.69) is 17.1 Å². The zero-order valence-electron chi connectivity index (χ0n) is 16.3. The van der Waals surface area contributed by atoms with Crippen LogP contribution in [0, 0.1) is 0 Å². The van der Waals surface area contributed by atoms with E-state index in [9.17, 15) is 13.2 Å². The van der Waals surface area contributed by atoms with Crippen molar-refractivity contribution in [1.29, 1.82) is 0 Å². The highest BCUT2D eigenvalue weighted by molar-refractivity contribution is 7.92. The number of sulfonamides is 1. The first-order chi connectivity index (χ1) is 13.4. The van der Waals surface area contributed by atoms with Crippen LogP contribution in [0.4, 0.5) is 5.69 Å². The van der Waals surface area contributed by atoms with Crippen molar-refractivity contribution in [3.05, 3.63) is 60.2 Å². The first-order valence-corrected chi connectivity index (χ1v) is 11.0. The van der Waals surface area contributed by atoms with Crippen LogP contribution >= 0.6 is 0 Å². The van der Waals surface area contributed by atoms with Crippen molar-refractivity contribution in [1.82, 2.24) is 10.2 Å². The summed E-state index contributed by atoms with van der Waals surface area (Å²) in [4.78, 5) is 14.9. The molecule has 150 valence electrons. The van der Waals surface area contributed by atoms with E-state index >= 15 is 0 Å². The van der Waals surface area contributed by atoms with E-state index in [-0.39, 0.29) is 10.8 Å². The third-order valence-electron chi connectivity index (χ3n) is 5.30. The molecule has 1 heterocycles. The van der Waals surface area contributed by atoms with Crippen LogP contribution in [0.15, 0.2) is 59.5 Å². The summed E-state index contributed by atoms with van der Waals surface area (Å²) in [6.45, 7) is 4.82.